The average Bonchev–Trinajstić information content (AvgIpc) is 2.51. The van der Waals surface area contributed by atoms with E-state index in [9.17, 15) is 4.79 Å². The van der Waals surface area contributed by atoms with Crippen molar-refractivity contribution in [1.82, 2.24) is 9.78 Å². The van der Waals surface area contributed by atoms with Crippen LogP contribution in [0.5, 0.6) is 5.88 Å². The minimum absolute atomic E-state index is 0.0884. The molecule has 0 aliphatic carbocycles. The maximum absolute atomic E-state index is 10.7. The zero-order valence-electron chi connectivity index (χ0n) is 11.1. The molecule has 0 amide bonds. The minimum Gasteiger partial charge on any atom is -0.481 e. The van der Waals surface area contributed by atoms with Gasteiger partial charge >= 0.3 is 5.97 Å². The molecule has 1 aromatic rings. The lowest BCUT2D eigenvalue weighted by Crippen LogP contribution is -2.15. The van der Waals surface area contributed by atoms with Crippen molar-refractivity contribution >= 4 is 5.97 Å². The van der Waals surface area contributed by atoms with Gasteiger partial charge in [-0.05, 0) is 6.42 Å². The number of carboxylic acids is 1. The molecule has 0 atom stereocenters. The molecular formula is C12H20N2O3. The molecule has 1 heterocycles. The number of methoxy groups -OCH3 is 1. The van der Waals surface area contributed by atoms with Gasteiger partial charge in [-0.15, -0.1) is 0 Å². The van der Waals surface area contributed by atoms with Crippen LogP contribution >= 0.6 is 0 Å². The van der Waals surface area contributed by atoms with E-state index in [1.807, 2.05) is 0 Å². The van der Waals surface area contributed by atoms with Crippen LogP contribution in [0, 0.1) is 0 Å². The molecule has 0 unspecified atom stereocenters. The van der Waals surface area contributed by atoms with Gasteiger partial charge in [-0.2, -0.15) is 5.10 Å². The van der Waals surface area contributed by atoms with Crippen LogP contribution < -0.4 is 4.74 Å². The first kappa shape index (κ1) is 13.5. The molecule has 96 valence electrons. The van der Waals surface area contributed by atoms with Gasteiger partial charge in [0, 0.05) is 24.4 Å². The summed E-state index contributed by atoms with van der Waals surface area (Å²) in [4.78, 5) is 10.7. The largest absolute Gasteiger partial charge is 0.481 e. The van der Waals surface area contributed by atoms with Crippen LogP contribution in [0.2, 0.25) is 0 Å². The highest BCUT2D eigenvalue weighted by Gasteiger charge is 2.26. The van der Waals surface area contributed by atoms with Crippen molar-refractivity contribution in [3.05, 3.63) is 11.3 Å². The number of hydrogen-bond acceptors (Lipinski definition) is 3. The van der Waals surface area contributed by atoms with E-state index in [1.54, 1.807) is 18.8 Å². The molecule has 0 bridgehead atoms. The molecule has 0 aromatic carbocycles. The summed E-state index contributed by atoms with van der Waals surface area (Å²) in [6.07, 6.45) is 0.532. The summed E-state index contributed by atoms with van der Waals surface area (Å²) in [7, 11) is 3.38. The smallest absolute Gasteiger partial charge is 0.303 e. The fraction of sp³-hybridized carbons (Fsp3) is 0.667. The number of carbonyl (C=O) groups is 1. The van der Waals surface area contributed by atoms with Gasteiger partial charge in [0.15, 0.2) is 0 Å². The molecular weight excluding hydrogens is 220 g/mol. The normalized spacial score (nSPS) is 11.6. The van der Waals surface area contributed by atoms with Gasteiger partial charge in [-0.3, -0.25) is 4.79 Å². The number of nitrogens with zero attached hydrogens (tertiary/aromatic N) is 2. The third-order valence-electron chi connectivity index (χ3n) is 2.58. The fourth-order valence-corrected chi connectivity index (χ4v) is 1.87. The van der Waals surface area contributed by atoms with Gasteiger partial charge in [-0.1, -0.05) is 20.8 Å². The van der Waals surface area contributed by atoms with Crippen molar-refractivity contribution in [2.75, 3.05) is 7.11 Å². The van der Waals surface area contributed by atoms with E-state index in [2.05, 4.69) is 25.9 Å². The summed E-state index contributed by atoms with van der Waals surface area (Å²) in [6.45, 7) is 6.16. The second-order valence-electron chi connectivity index (χ2n) is 5.10. The summed E-state index contributed by atoms with van der Waals surface area (Å²) in [5, 5.41) is 13.2. The van der Waals surface area contributed by atoms with E-state index in [0.29, 0.717) is 12.3 Å². The second kappa shape index (κ2) is 4.77. The van der Waals surface area contributed by atoms with Gasteiger partial charge in [0.05, 0.1) is 12.8 Å². The van der Waals surface area contributed by atoms with Gasteiger partial charge in [0.25, 0.3) is 0 Å². The number of aryl methyl sites for hydroxylation is 1. The third kappa shape index (κ3) is 2.99. The summed E-state index contributed by atoms with van der Waals surface area (Å²) >= 11 is 0. The van der Waals surface area contributed by atoms with Gasteiger partial charge < -0.3 is 9.84 Å². The first-order valence-electron chi connectivity index (χ1n) is 5.59. The van der Waals surface area contributed by atoms with Crippen LogP contribution in [0.4, 0.5) is 0 Å². The Hall–Kier alpha value is -1.52. The first-order chi connectivity index (χ1) is 7.77. The van der Waals surface area contributed by atoms with Crippen molar-refractivity contribution < 1.29 is 14.6 Å². The van der Waals surface area contributed by atoms with E-state index in [-0.39, 0.29) is 11.8 Å². The summed E-state index contributed by atoms with van der Waals surface area (Å²) in [6, 6.07) is 0. The Balaban J connectivity index is 3.17. The van der Waals surface area contributed by atoms with E-state index < -0.39 is 5.97 Å². The van der Waals surface area contributed by atoms with Crippen molar-refractivity contribution in [3.8, 4) is 5.88 Å². The fourth-order valence-electron chi connectivity index (χ4n) is 1.87. The number of carboxylic acid groups (broad SMARTS) is 1. The van der Waals surface area contributed by atoms with E-state index in [0.717, 1.165) is 11.3 Å². The molecule has 0 saturated carbocycles. The second-order valence-corrected chi connectivity index (χ2v) is 5.10. The Labute approximate surface area is 101 Å². The Morgan fingerprint density at radius 3 is 2.47 bits per heavy atom. The third-order valence-corrected chi connectivity index (χ3v) is 2.58. The zero-order valence-corrected chi connectivity index (χ0v) is 11.1. The molecule has 0 aliphatic heterocycles. The Morgan fingerprint density at radius 2 is 2.06 bits per heavy atom. The summed E-state index contributed by atoms with van der Waals surface area (Å²) < 4.78 is 6.96. The maximum Gasteiger partial charge on any atom is 0.303 e. The Kier molecular flexibility index (Phi) is 3.80. The zero-order chi connectivity index (χ0) is 13.2. The van der Waals surface area contributed by atoms with Crippen LogP contribution in [0.3, 0.4) is 0 Å². The molecule has 0 radical (unpaired) electrons. The van der Waals surface area contributed by atoms with Crippen molar-refractivity contribution in [2.24, 2.45) is 7.05 Å². The van der Waals surface area contributed by atoms with Gasteiger partial charge in [0.1, 0.15) is 0 Å². The van der Waals surface area contributed by atoms with E-state index in [4.69, 9.17) is 9.84 Å². The lowest BCUT2D eigenvalue weighted by atomic mass is 9.88. The Morgan fingerprint density at radius 1 is 1.47 bits per heavy atom. The molecule has 1 aromatic heterocycles. The predicted molar refractivity (Wildman–Crippen MR) is 64.4 cm³/mol. The number of ether oxygens (including phenoxy) is 1. The van der Waals surface area contributed by atoms with Crippen LogP contribution in [0.25, 0.3) is 0 Å². The van der Waals surface area contributed by atoms with Crippen LogP contribution in [-0.4, -0.2) is 28.0 Å². The van der Waals surface area contributed by atoms with E-state index >= 15 is 0 Å². The SMILES string of the molecule is COc1c(CCC(=O)O)c(C(C)(C)C)nn1C. The highest BCUT2D eigenvalue weighted by Crippen LogP contribution is 2.31. The number of aliphatic carboxylic acids is 1. The highest BCUT2D eigenvalue weighted by atomic mass is 16.5. The Bertz CT molecular complexity index is 416. The highest BCUT2D eigenvalue weighted by molar-refractivity contribution is 5.67. The predicted octanol–water partition coefficient (Wildman–Crippen LogP) is 1.74. The molecule has 1 N–H and O–H groups in total. The minimum atomic E-state index is -0.809. The molecule has 0 aliphatic rings. The van der Waals surface area contributed by atoms with Crippen molar-refractivity contribution in [3.63, 3.8) is 0 Å². The van der Waals surface area contributed by atoms with Crippen molar-refractivity contribution in [1.29, 1.82) is 0 Å². The lowest BCUT2D eigenvalue weighted by molar-refractivity contribution is -0.136. The molecule has 5 heteroatoms. The van der Waals surface area contributed by atoms with E-state index in [1.165, 1.54) is 0 Å². The van der Waals surface area contributed by atoms with Crippen molar-refractivity contribution in [2.45, 2.75) is 39.0 Å². The first-order valence-corrected chi connectivity index (χ1v) is 5.59. The molecule has 1 rings (SSSR count). The van der Waals surface area contributed by atoms with Crippen LogP contribution in [-0.2, 0) is 23.7 Å². The number of hydrogen-bond donors (Lipinski definition) is 1. The van der Waals surface area contributed by atoms with Gasteiger partial charge in [0.2, 0.25) is 5.88 Å². The van der Waals surface area contributed by atoms with Gasteiger partial charge in [-0.25, -0.2) is 4.68 Å². The quantitative estimate of drug-likeness (QED) is 0.870. The van der Waals surface area contributed by atoms with Crippen LogP contribution in [0.15, 0.2) is 0 Å². The maximum atomic E-state index is 10.7. The lowest BCUT2D eigenvalue weighted by Gasteiger charge is -2.17. The standard InChI is InChI=1S/C12H20N2O3/c1-12(2,3)10-8(6-7-9(15)16)11(17-5)14(4)13-10/h6-7H2,1-5H3,(H,15,16). The number of aromatic nitrogens is 2. The average molecular weight is 240 g/mol. The topological polar surface area (TPSA) is 64.3 Å². The summed E-state index contributed by atoms with van der Waals surface area (Å²) in [5.41, 5.74) is 1.67. The molecule has 0 saturated heterocycles. The molecule has 5 nitrogen and oxygen atoms in total. The summed E-state index contributed by atoms with van der Waals surface area (Å²) in [5.74, 6) is -0.160. The molecule has 0 fully saturated rings. The number of rotatable bonds is 4. The monoisotopic (exact) mass is 240 g/mol. The van der Waals surface area contributed by atoms with Crippen LogP contribution in [0.1, 0.15) is 38.4 Å². The molecule has 17 heavy (non-hydrogen) atoms. The molecule has 0 spiro atoms.